The molecule has 0 aliphatic heterocycles. The maximum Gasteiger partial charge on any atom is 0.260 e. The first kappa shape index (κ1) is 23.8. The molecule has 3 rings (SSSR count). The van der Waals surface area contributed by atoms with Gasteiger partial charge in [-0.25, -0.2) is 13.8 Å². The third-order valence-corrected chi connectivity index (χ3v) is 6.36. The van der Waals surface area contributed by atoms with Crippen LogP contribution < -0.4 is 9.73 Å². The SMILES string of the molecule is Cc1ccc(N(CC(=O)N/N=C/c2ccc(-c3ccc(Cl)cc3Cl)o2)S(C)(=O)=O)cc1C. The number of rotatable bonds is 7. The minimum absolute atomic E-state index is 0.375. The van der Waals surface area contributed by atoms with Gasteiger partial charge in [-0.1, -0.05) is 29.3 Å². The van der Waals surface area contributed by atoms with E-state index in [-0.39, 0.29) is 0 Å². The predicted molar refractivity (Wildman–Crippen MR) is 128 cm³/mol. The van der Waals surface area contributed by atoms with E-state index in [0.717, 1.165) is 21.7 Å². The molecule has 1 heterocycles. The molecule has 168 valence electrons. The summed E-state index contributed by atoms with van der Waals surface area (Å²) in [5.74, 6) is 0.287. The Kier molecular flexibility index (Phi) is 7.28. The number of benzene rings is 2. The Morgan fingerprint density at radius 3 is 2.50 bits per heavy atom. The second-order valence-corrected chi connectivity index (χ2v) is 9.91. The van der Waals surface area contributed by atoms with E-state index in [9.17, 15) is 13.2 Å². The number of anilines is 1. The van der Waals surface area contributed by atoms with Gasteiger partial charge in [0, 0.05) is 10.6 Å². The second kappa shape index (κ2) is 9.77. The Labute approximate surface area is 196 Å². The molecule has 1 amide bonds. The molecule has 1 N–H and O–H groups in total. The zero-order valence-electron chi connectivity index (χ0n) is 17.6. The van der Waals surface area contributed by atoms with Crippen LogP contribution >= 0.6 is 23.2 Å². The molecule has 0 spiro atoms. The summed E-state index contributed by atoms with van der Waals surface area (Å²) in [5.41, 5.74) is 5.33. The second-order valence-electron chi connectivity index (χ2n) is 7.16. The molecule has 0 aliphatic carbocycles. The topological polar surface area (TPSA) is 92.0 Å². The molecule has 10 heteroatoms. The van der Waals surface area contributed by atoms with E-state index in [1.807, 2.05) is 13.8 Å². The van der Waals surface area contributed by atoms with Gasteiger partial charge in [-0.2, -0.15) is 5.10 Å². The molecule has 0 radical (unpaired) electrons. The smallest absolute Gasteiger partial charge is 0.260 e. The Hall–Kier alpha value is -2.81. The van der Waals surface area contributed by atoms with E-state index in [1.165, 1.54) is 6.21 Å². The van der Waals surface area contributed by atoms with Crippen molar-refractivity contribution in [2.45, 2.75) is 13.8 Å². The van der Waals surface area contributed by atoms with Crippen molar-refractivity contribution >= 4 is 51.0 Å². The number of hydrogen-bond donors (Lipinski definition) is 1. The third kappa shape index (κ3) is 5.91. The molecule has 1 aromatic heterocycles. The van der Waals surface area contributed by atoms with E-state index < -0.39 is 22.5 Å². The number of furan rings is 1. The van der Waals surface area contributed by atoms with Gasteiger partial charge in [0.05, 0.1) is 23.2 Å². The van der Waals surface area contributed by atoms with Crippen LogP contribution in [0.15, 0.2) is 58.0 Å². The van der Waals surface area contributed by atoms with Crippen molar-refractivity contribution in [3.05, 3.63) is 75.5 Å². The maximum atomic E-state index is 12.3. The van der Waals surface area contributed by atoms with Crippen LogP contribution in [0, 0.1) is 13.8 Å². The van der Waals surface area contributed by atoms with Crippen LogP contribution in [0.1, 0.15) is 16.9 Å². The molecule has 0 saturated heterocycles. The van der Waals surface area contributed by atoms with Gasteiger partial charge in [-0.15, -0.1) is 0 Å². The minimum Gasteiger partial charge on any atom is -0.455 e. The highest BCUT2D eigenvalue weighted by atomic mass is 35.5. The molecule has 0 fully saturated rings. The van der Waals surface area contributed by atoms with Gasteiger partial charge in [-0.3, -0.25) is 9.10 Å². The Bertz CT molecular complexity index is 1290. The number of aryl methyl sites for hydroxylation is 2. The monoisotopic (exact) mass is 493 g/mol. The quantitative estimate of drug-likeness (QED) is 0.378. The maximum absolute atomic E-state index is 12.3. The van der Waals surface area contributed by atoms with Gasteiger partial charge in [0.2, 0.25) is 10.0 Å². The van der Waals surface area contributed by atoms with Crippen molar-refractivity contribution in [2.75, 3.05) is 17.1 Å². The number of hydrogen-bond acceptors (Lipinski definition) is 5. The lowest BCUT2D eigenvalue weighted by Gasteiger charge is -2.22. The van der Waals surface area contributed by atoms with Crippen LogP contribution in [0.5, 0.6) is 0 Å². The fraction of sp³-hybridized carbons (Fsp3) is 0.182. The van der Waals surface area contributed by atoms with Gasteiger partial charge in [0.25, 0.3) is 5.91 Å². The van der Waals surface area contributed by atoms with Crippen LogP contribution in [0.3, 0.4) is 0 Å². The summed E-state index contributed by atoms with van der Waals surface area (Å²) in [6.07, 6.45) is 2.36. The molecule has 2 aromatic carbocycles. The molecule has 0 atom stereocenters. The van der Waals surface area contributed by atoms with E-state index in [1.54, 1.807) is 48.5 Å². The van der Waals surface area contributed by atoms with Gasteiger partial charge >= 0.3 is 0 Å². The highest BCUT2D eigenvalue weighted by Crippen LogP contribution is 2.31. The first-order valence-corrected chi connectivity index (χ1v) is 12.1. The van der Waals surface area contributed by atoms with E-state index in [4.69, 9.17) is 27.6 Å². The zero-order valence-corrected chi connectivity index (χ0v) is 19.9. The predicted octanol–water partition coefficient (Wildman–Crippen LogP) is 4.79. The molecule has 0 unspecified atom stereocenters. The van der Waals surface area contributed by atoms with Crippen molar-refractivity contribution in [3.63, 3.8) is 0 Å². The number of sulfonamides is 1. The number of carbonyl (C=O) groups excluding carboxylic acids is 1. The average molecular weight is 494 g/mol. The number of nitrogens with one attached hydrogen (secondary N) is 1. The Balaban J connectivity index is 1.68. The number of carbonyl (C=O) groups is 1. The lowest BCUT2D eigenvalue weighted by atomic mass is 10.1. The first-order chi connectivity index (χ1) is 15.0. The summed E-state index contributed by atoms with van der Waals surface area (Å²) in [6, 6.07) is 13.6. The Morgan fingerprint density at radius 2 is 1.84 bits per heavy atom. The molecule has 3 aromatic rings. The van der Waals surface area contributed by atoms with Crippen LogP contribution in [-0.4, -0.2) is 33.3 Å². The van der Waals surface area contributed by atoms with E-state index in [0.29, 0.717) is 32.8 Å². The number of hydrazone groups is 1. The van der Waals surface area contributed by atoms with Crippen molar-refractivity contribution in [1.29, 1.82) is 0 Å². The van der Waals surface area contributed by atoms with Gasteiger partial charge in [0.15, 0.2) is 0 Å². The summed E-state index contributed by atoms with van der Waals surface area (Å²) in [5, 5.41) is 4.80. The van der Waals surface area contributed by atoms with E-state index >= 15 is 0 Å². The standard InChI is InChI=1S/C22H21Cl2N3O4S/c1-14-4-6-17(10-15(14)2)27(32(3,29)30)13-22(28)26-25-12-18-7-9-21(31-18)19-8-5-16(23)11-20(19)24/h4-12H,13H2,1-3H3,(H,26,28)/b25-12+. The lowest BCUT2D eigenvalue weighted by Crippen LogP contribution is -2.39. The van der Waals surface area contributed by atoms with Crippen LogP contribution in [0.2, 0.25) is 10.0 Å². The van der Waals surface area contributed by atoms with Gasteiger partial charge in [0.1, 0.15) is 18.1 Å². The van der Waals surface area contributed by atoms with Crippen LogP contribution in [0.4, 0.5) is 5.69 Å². The first-order valence-electron chi connectivity index (χ1n) is 9.47. The lowest BCUT2D eigenvalue weighted by molar-refractivity contribution is -0.119. The summed E-state index contributed by atoms with van der Waals surface area (Å²) >= 11 is 12.1. The van der Waals surface area contributed by atoms with Crippen molar-refractivity contribution in [2.24, 2.45) is 5.10 Å². The van der Waals surface area contributed by atoms with Crippen molar-refractivity contribution in [3.8, 4) is 11.3 Å². The van der Waals surface area contributed by atoms with Gasteiger partial charge < -0.3 is 4.42 Å². The van der Waals surface area contributed by atoms with Crippen molar-refractivity contribution < 1.29 is 17.6 Å². The molecular formula is C22H21Cl2N3O4S. The molecular weight excluding hydrogens is 473 g/mol. The fourth-order valence-corrected chi connectivity index (χ4v) is 4.22. The number of nitrogens with zero attached hydrogens (tertiary/aromatic N) is 2. The molecule has 0 aliphatic rings. The summed E-state index contributed by atoms with van der Waals surface area (Å²) in [7, 11) is -3.67. The van der Waals surface area contributed by atoms with Crippen molar-refractivity contribution in [1.82, 2.24) is 5.43 Å². The molecule has 0 saturated carbocycles. The van der Waals surface area contributed by atoms with Crippen LogP contribution in [-0.2, 0) is 14.8 Å². The zero-order chi connectivity index (χ0) is 23.5. The third-order valence-electron chi connectivity index (χ3n) is 4.67. The van der Waals surface area contributed by atoms with Gasteiger partial charge in [-0.05, 0) is 67.4 Å². The molecule has 0 bridgehead atoms. The highest BCUT2D eigenvalue weighted by molar-refractivity contribution is 7.92. The van der Waals surface area contributed by atoms with Crippen LogP contribution in [0.25, 0.3) is 11.3 Å². The highest BCUT2D eigenvalue weighted by Gasteiger charge is 2.21. The fourth-order valence-electron chi connectivity index (χ4n) is 2.87. The molecule has 32 heavy (non-hydrogen) atoms. The summed E-state index contributed by atoms with van der Waals surface area (Å²) in [4.78, 5) is 12.3. The number of halogens is 2. The molecule has 7 nitrogen and oxygen atoms in total. The minimum atomic E-state index is -3.67. The number of amides is 1. The summed E-state index contributed by atoms with van der Waals surface area (Å²) in [6.45, 7) is 3.38. The normalized spacial score (nSPS) is 11.7. The average Bonchev–Trinajstić information content (AvgIpc) is 3.16. The summed E-state index contributed by atoms with van der Waals surface area (Å²) < 4.78 is 31.1. The van der Waals surface area contributed by atoms with E-state index in [2.05, 4.69) is 10.5 Å². The largest absolute Gasteiger partial charge is 0.455 e. The Morgan fingerprint density at radius 1 is 1.09 bits per heavy atom.